The quantitative estimate of drug-likeness (QED) is 0.737. The van der Waals surface area contributed by atoms with Gasteiger partial charge in [0, 0.05) is 0 Å². The van der Waals surface area contributed by atoms with Crippen molar-refractivity contribution in [3.63, 3.8) is 0 Å². The van der Waals surface area contributed by atoms with Gasteiger partial charge in [-0.1, -0.05) is 37.3 Å². The molecule has 17 heavy (non-hydrogen) atoms. The molecule has 1 saturated heterocycles. The van der Waals surface area contributed by atoms with Crippen LogP contribution in [0.1, 0.15) is 25.3 Å². The highest BCUT2D eigenvalue weighted by Gasteiger charge is 2.45. The standard InChI is InChI=1S/C13H16N2O2/c1-2-13(9-6-4-3-5-7-9)8-10(14)11(16)15-12(13)17/h3-7,10H,2,8,14H2,1H3,(H,15,16,17). The molecule has 3 N–H and O–H groups in total. The molecule has 1 aliphatic heterocycles. The summed E-state index contributed by atoms with van der Waals surface area (Å²) in [5.74, 6) is -0.618. The maximum atomic E-state index is 12.1. The molecule has 2 amide bonds. The van der Waals surface area contributed by atoms with Gasteiger partial charge in [0.05, 0.1) is 11.5 Å². The molecule has 1 fully saturated rings. The third-order valence-corrected chi connectivity index (χ3v) is 3.51. The fourth-order valence-electron chi connectivity index (χ4n) is 2.40. The highest BCUT2D eigenvalue weighted by molar-refractivity contribution is 6.05. The number of imide groups is 1. The van der Waals surface area contributed by atoms with Crippen LogP contribution < -0.4 is 11.1 Å². The smallest absolute Gasteiger partial charge is 0.243 e. The lowest BCUT2D eigenvalue weighted by Gasteiger charge is -2.37. The largest absolute Gasteiger partial charge is 0.320 e. The summed E-state index contributed by atoms with van der Waals surface area (Å²) >= 11 is 0. The van der Waals surface area contributed by atoms with Gasteiger partial charge in [-0.3, -0.25) is 14.9 Å². The van der Waals surface area contributed by atoms with Gasteiger partial charge >= 0.3 is 0 Å². The SMILES string of the molecule is CCC1(c2ccccc2)CC(N)C(=O)NC1=O. The molecule has 4 heteroatoms. The number of hydrogen-bond donors (Lipinski definition) is 2. The van der Waals surface area contributed by atoms with E-state index in [1.165, 1.54) is 0 Å². The molecule has 0 radical (unpaired) electrons. The summed E-state index contributed by atoms with van der Waals surface area (Å²) in [7, 11) is 0. The summed E-state index contributed by atoms with van der Waals surface area (Å²) < 4.78 is 0. The fourth-order valence-corrected chi connectivity index (χ4v) is 2.40. The Bertz CT molecular complexity index is 444. The summed E-state index contributed by atoms with van der Waals surface area (Å²) in [6.45, 7) is 1.94. The summed E-state index contributed by atoms with van der Waals surface area (Å²) in [6, 6.07) is 8.88. The zero-order valence-electron chi connectivity index (χ0n) is 9.77. The average molecular weight is 232 g/mol. The fraction of sp³-hybridized carbons (Fsp3) is 0.385. The lowest BCUT2D eigenvalue weighted by molar-refractivity contribution is -0.139. The maximum absolute atomic E-state index is 12.1. The van der Waals surface area contributed by atoms with Crippen LogP contribution in [0.15, 0.2) is 30.3 Å². The molecule has 0 aliphatic carbocycles. The molecule has 0 bridgehead atoms. The van der Waals surface area contributed by atoms with Crippen LogP contribution >= 0.6 is 0 Å². The van der Waals surface area contributed by atoms with E-state index in [9.17, 15) is 9.59 Å². The van der Waals surface area contributed by atoms with Gasteiger partial charge in [-0.05, 0) is 18.4 Å². The van der Waals surface area contributed by atoms with Crippen LogP contribution in [0, 0.1) is 0 Å². The van der Waals surface area contributed by atoms with Crippen molar-refractivity contribution in [1.82, 2.24) is 5.32 Å². The summed E-state index contributed by atoms with van der Waals surface area (Å²) in [6.07, 6.45) is 1.00. The minimum atomic E-state index is -0.672. The molecular weight excluding hydrogens is 216 g/mol. The zero-order valence-corrected chi connectivity index (χ0v) is 9.77. The molecule has 0 aromatic heterocycles. The number of nitrogens with one attached hydrogen (secondary N) is 1. The molecule has 1 heterocycles. The number of piperidine rings is 1. The van der Waals surface area contributed by atoms with E-state index in [1.807, 2.05) is 37.3 Å². The normalized spacial score (nSPS) is 28.9. The van der Waals surface area contributed by atoms with Crippen LogP contribution in [-0.2, 0) is 15.0 Å². The van der Waals surface area contributed by atoms with Gasteiger partial charge < -0.3 is 5.73 Å². The first-order valence-electron chi connectivity index (χ1n) is 5.76. The molecule has 2 atom stereocenters. The first-order valence-corrected chi connectivity index (χ1v) is 5.76. The van der Waals surface area contributed by atoms with Crippen molar-refractivity contribution in [1.29, 1.82) is 0 Å². The number of rotatable bonds is 2. The summed E-state index contributed by atoms with van der Waals surface area (Å²) in [5.41, 5.74) is 6.01. The Labute approximate surface area is 100 Å². The molecule has 1 aromatic rings. The summed E-state index contributed by atoms with van der Waals surface area (Å²) in [4.78, 5) is 23.5. The third kappa shape index (κ3) is 1.85. The van der Waals surface area contributed by atoms with Crippen LogP contribution in [0.3, 0.4) is 0 Å². The Morgan fingerprint density at radius 1 is 1.35 bits per heavy atom. The number of carbonyl (C=O) groups is 2. The lowest BCUT2D eigenvalue weighted by Crippen LogP contribution is -2.59. The van der Waals surface area contributed by atoms with E-state index >= 15 is 0 Å². The van der Waals surface area contributed by atoms with E-state index in [0.29, 0.717) is 12.8 Å². The van der Waals surface area contributed by atoms with E-state index in [4.69, 9.17) is 5.73 Å². The van der Waals surface area contributed by atoms with E-state index in [-0.39, 0.29) is 11.8 Å². The van der Waals surface area contributed by atoms with Crippen molar-refractivity contribution in [3.05, 3.63) is 35.9 Å². The van der Waals surface area contributed by atoms with Crippen LogP contribution in [0.2, 0.25) is 0 Å². The molecule has 0 spiro atoms. The van der Waals surface area contributed by atoms with Crippen molar-refractivity contribution in [2.45, 2.75) is 31.2 Å². The number of benzene rings is 1. The van der Waals surface area contributed by atoms with Crippen molar-refractivity contribution in [3.8, 4) is 0 Å². The minimum Gasteiger partial charge on any atom is -0.320 e. The molecule has 1 aliphatic rings. The first-order chi connectivity index (χ1) is 8.10. The lowest BCUT2D eigenvalue weighted by atomic mass is 9.70. The van der Waals surface area contributed by atoms with Crippen LogP contribution in [0.4, 0.5) is 0 Å². The van der Waals surface area contributed by atoms with Gasteiger partial charge in [-0.15, -0.1) is 0 Å². The highest BCUT2D eigenvalue weighted by Crippen LogP contribution is 2.35. The second kappa shape index (κ2) is 4.30. The molecule has 4 nitrogen and oxygen atoms in total. The minimum absolute atomic E-state index is 0.238. The van der Waals surface area contributed by atoms with Gasteiger partial charge in [0.25, 0.3) is 0 Å². The van der Waals surface area contributed by atoms with E-state index in [1.54, 1.807) is 0 Å². The number of nitrogens with two attached hydrogens (primary N) is 1. The predicted molar refractivity (Wildman–Crippen MR) is 64.2 cm³/mol. The van der Waals surface area contributed by atoms with E-state index in [0.717, 1.165) is 5.56 Å². The van der Waals surface area contributed by atoms with Crippen molar-refractivity contribution in [2.75, 3.05) is 0 Å². The van der Waals surface area contributed by atoms with Gasteiger partial charge in [-0.25, -0.2) is 0 Å². The Morgan fingerprint density at radius 3 is 2.59 bits per heavy atom. The van der Waals surface area contributed by atoms with E-state index in [2.05, 4.69) is 5.32 Å². The number of hydrogen-bond acceptors (Lipinski definition) is 3. The maximum Gasteiger partial charge on any atom is 0.243 e. The molecule has 1 aromatic carbocycles. The van der Waals surface area contributed by atoms with Gasteiger partial charge in [0.2, 0.25) is 11.8 Å². The predicted octanol–water partition coefficient (Wildman–Crippen LogP) is 0.708. The van der Waals surface area contributed by atoms with Gasteiger partial charge in [-0.2, -0.15) is 0 Å². The molecule has 2 rings (SSSR count). The molecule has 2 unspecified atom stereocenters. The average Bonchev–Trinajstić information content (AvgIpc) is 2.35. The van der Waals surface area contributed by atoms with Crippen LogP contribution in [0.25, 0.3) is 0 Å². The molecule has 0 saturated carbocycles. The number of amides is 2. The first kappa shape index (κ1) is 11.8. The Kier molecular flexibility index (Phi) is 2.98. The van der Waals surface area contributed by atoms with Crippen LogP contribution in [0.5, 0.6) is 0 Å². The van der Waals surface area contributed by atoms with Crippen LogP contribution in [-0.4, -0.2) is 17.9 Å². The second-order valence-corrected chi connectivity index (χ2v) is 4.43. The highest BCUT2D eigenvalue weighted by atomic mass is 16.2. The molecular formula is C13H16N2O2. The van der Waals surface area contributed by atoms with Crippen molar-refractivity contribution in [2.24, 2.45) is 5.73 Å². The third-order valence-electron chi connectivity index (χ3n) is 3.51. The number of carbonyl (C=O) groups excluding carboxylic acids is 2. The topological polar surface area (TPSA) is 72.2 Å². The van der Waals surface area contributed by atoms with E-state index < -0.39 is 11.5 Å². The van der Waals surface area contributed by atoms with Gasteiger partial charge in [0.15, 0.2) is 0 Å². The second-order valence-electron chi connectivity index (χ2n) is 4.43. The summed E-state index contributed by atoms with van der Waals surface area (Å²) in [5, 5.41) is 2.37. The molecule has 90 valence electrons. The monoisotopic (exact) mass is 232 g/mol. The Hall–Kier alpha value is -1.68. The van der Waals surface area contributed by atoms with Crippen molar-refractivity contribution < 1.29 is 9.59 Å². The van der Waals surface area contributed by atoms with Gasteiger partial charge in [0.1, 0.15) is 0 Å². The Morgan fingerprint density at radius 2 is 2.00 bits per heavy atom. The zero-order chi connectivity index (χ0) is 12.5. The van der Waals surface area contributed by atoms with Crippen molar-refractivity contribution >= 4 is 11.8 Å². The Balaban J connectivity index is 2.44.